The second-order valence-corrected chi connectivity index (χ2v) is 6.03. The first-order chi connectivity index (χ1) is 9.92. The lowest BCUT2D eigenvalue weighted by Crippen LogP contribution is -2.07. The van der Waals surface area contributed by atoms with Gasteiger partial charge in [0.05, 0.1) is 28.9 Å². The minimum atomic E-state index is -0.520. The van der Waals surface area contributed by atoms with Crippen LogP contribution >= 0.6 is 39.1 Å². The van der Waals surface area contributed by atoms with Crippen LogP contribution in [-0.4, -0.2) is 13.1 Å². The van der Waals surface area contributed by atoms with Gasteiger partial charge in [-0.3, -0.25) is 0 Å². The lowest BCUT2D eigenvalue weighted by Gasteiger charge is -2.16. The molecule has 1 N–H and O–H groups in total. The maximum atomic E-state index is 11.4. The number of esters is 1. The predicted octanol–water partition coefficient (Wildman–Crippen LogP) is 5.31. The Hall–Kier alpha value is -1.17. The van der Waals surface area contributed by atoms with Crippen LogP contribution in [0.1, 0.15) is 29.3 Å². The van der Waals surface area contributed by atoms with E-state index in [1.165, 1.54) is 7.11 Å². The van der Waals surface area contributed by atoms with Gasteiger partial charge in [-0.05, 0) is 31.2 Å². The summed E-state index contributed by atoms with van der Waals surface area (Å²) in [7, 11) is 1.30. The summed E-state index contributed by atoms with van der Waals surface area (Å²) in [6.45, 7) is 1.87. The normalized spacial score (nSPS) is 12.0. The Bertz CT molecular complexity index is 649. The highest BCUT2D eigenvalue weighted by atomic mass is 79.9. The molecule has 0 aliphatic carbocycles. The summed E-state index contributed by atoms with van der Waals surface area (Å²) in [4.78, 5) is 11.4. The van der Waals surface area contributed by atoms with Gasteiger partial charge in [-0.15, -0.1) is 0 Å². The van der Waals surface area contributed by atoms with E-state index in [0.29, 0.717) is 21.5 Å². The van der Waals surface area contributed by atoms with E-state index in [9.17, 15) is 4.79 Å². The number of hydrogen-bond donors (Lipinski definition) is 1. The van der Waals surface area contributed by atoms with Crippen molar-refractivity contribution in [1.29, 1.82) is 0 Å². The molecule has 0 radical (unpaired) electrons. The quantitative estimate of drug-likeness (QED) is 0.716. The van der Waals surface area contributed by atoms with Crippen LogP contribution in [0.25, 0.3) is 0 Å². The zero-order valence-corrected chi connectivity index (χ0v) is 14.3. The van der Waals surface area contributed by atoms with Crippen molar-refractivity contribution in [3.8, 4) is 0 Å². The number of ether oxygens (including phenoxy) is 1. The summed E-state index contributed by atoms with van der Waals surface area (Å²) in [5, 5.41) is 4.14. The van der Waals surface area contributed by atoms with Crippen LogP contribution < -0.4 is 5.32 Å². The number of anilines is 1. The summed E-state index contributed by atoms with van der Waals surface area (Å²) in [6, 6.07) is 6.52. The van der Waals surface area contributed by atoms with Gasteiger partial charge >= 0.3 is 5.97 Å². The Morgan fingerprint density at radius 2 is 1.95 bits per heavy atom. The molecule has 1 aromatic heterocycles. The monoisotopic (exact) mass is 391 g/mol. The second kappa shape index (κ2) is 6.73. The fourth-order valence-electron chi connectivity index (χ4n) is 1.76. The molecule has 1 unspecified atom stereocenters. The maximum Gasteiger partial charge on any atom is 0.373 e. The van der Waals surface area contributed by atoms with Crippen LogP contribution in [-0.2, 0) is 4.74 Å². The molecule has 4 nitrogen and oxygen atoms in total. The third kappa shape index (κ3) is 3.73. The first-order valence-corrected chi connectivity index (χ1v) is 7.56. The van der Waals surface area contributed by atoms with Crippen LogP contribution in [0.2, 0.25) is 10.0 Å². The third-order valence-corrected chi connectivity index (χ3v) is 3.86. The standard InChI is InChI=1S/C14H12BrCl2NO3/c1-7(11-3-4-12(21-11)14(19)20-2)18-13-9(16)5-8(15)6-10(13)17/h3-7,18H,1-2H3. The predicted molar refractivity (Wildman–Crippen MR) is 86.2 cm³/mol. The van der Waals surface area contributed by atoms with Gasteiger partial charge in [-0.25, -0.2) is 4.79 Å². The largest absolute Gasteiger partial charge is 0.463 e. The number of nitrogens with one attached hydrogen (secondary N) is 1. The topological polar surface area (TPSA) is 51.5 Å². The number of methoxy groups -OCH3 is 1. The summed E-state index contributed by atoms with van der Waals surface area (Å²) >= 11 is 15.6. The van der Waals surface area contributed by atoms with Crippen molar-refractivity contribution in [1.82, 2.24) is 0 Å². The van der Waals surface area contributed by atoms with Crippen molar-refractivity contribution < 1.29 is 13.9 Å². The van der Waals surface area contributed by atoms with Crippen LogP contribution in [0.5, 0.6) is 0 Å². The molecule has 0 bridgehead atoms. The Balaban J connectivity index is 2.20. The highest BCUT2D eigenvalue weighted by molar-refractivity contribution is 9.10. The Labute approximate surface area is 140 Å². The van der Waals surface area contributed by atoms with Gasteiger partial charge in [0, 0.05) is 4.47 Å². The average Bonchev–Trinajstić information content (AvgIpc) is 2.91. The number of hydrogen-bond acceptors (Lipinski definition) is 4. The zero-order valence-electron chi connectivity index (χ0n) is 11.2. The molecule has 0 amide bonds. The van der Waals surface area contributed by atoms with Crippen molar-refractivity contribution in [3.05, 3.63) is 50.3 Å². The van der Waals surface area contributed by atoms with Gasteiger partial charge in [0.25, 0.3) is 0 Å². The van der Waals surface area contributed by atoms with Gasteiger partial charge in [0.2, 0.25) is 5.76 Å². The number of rotatable bonds is 4. The number of furan rings is 1. The van der Waals surface area contributed by atoms with E-state index in [1.807, 2.05) is 6.92 Å². The molecule has 0 saturated heterocycles. The molecule has 1 heterocycles. The molecule has 2 rings (SSSR count). The van der Waals surface area contributed by atoms with E-state index < -0.39 is 5.97 Å². The SMILES string of the molecule is COC(=O)c1ccc(C(C)Nc2c(Cl)cc(Br)cc2Cl)o1. The van der Waals surface area contributed by atoms with Gasteiger partial charge in [0.1, 0.15) is 5.76 Å². The maximum absolute atomic E-state index is 11.4. The number of carbonyl (C=O) groups is 1. The summed E-state index contributed by atoms with van der Waals surface area (Å²) < 4.78 is 10.8. The fourth-order valence-corrected chi connectivity index (χ4v) is 3.08. The van der Waals surface area contributed by atoms with E-state index >= 15 is 0 Å². The molecule has 21 heavy (non-hydrogen) atoms. The number of halogens is 3. The lowest BCUT2D eigenvalue weighted by molar-refractivity contribution is 0.0562. The Kier molecular flexibility index (Phi) is 5.19. The van der Waals surface area contributed by atoms with Gasteiger partial charge in [0.15, 0.2) is 0 Å². The van der Waals surface area contributed by atoms with Crippen LogP contribution in [0.4, 0.5) is 5.69 Å². The van der Waals surface area contributed by atoms with E-state index in [1.54, 1.807) is 24.3 Å². The van der Waals surface area contributed by atoms with Crippen LogP contribution in [0.15, 0.2) is 33.2 Å². The first kappa shape index (κ1) is 16.2. The average molecular weight is 393 g/mol. The zero-order chi connectivity index (χ0) is 15.6. The molecule has 1 atom stereocenters. The van der Waals surface area contributed by atoms with Crippen LogP contribution in [0, 0.1) is 0 Å². The van der Waals surface area contributed by atoms with Crippen molar-refractivity contribution >= 4 is 50.8 Å². The first-order valence-electron chi connectivity index (χ1n) is 6.01. The van der Waals surface area contributed by atoms with Crippen molar-refractivity contribution in [3.63, 3.8) is 0 Å². The molecule has 0 aliphatic rings. The fraction of sp³-hybridized carbons (Fsp3) is 0.214. The molecule has 0 fully saturated rings. The molecule has 112 valence electrons. The molecule has 0 saturated carbocycles. The molecular formula is C14H12BrCl2NO3. The summed E-state index contributed by atoms with van der Waals surface area (Å²) in [5.41, 5.74) is 0.602. The molecular weight excluding hydrogens is 381 g/mol. The van der Waals surface area contributed by atoms with E-state index in [0.717, 1.165) is 4.47 Å². The molecule has 2 aromatic rings. The minimum Gasteiger partial charge on any atom is -0.463 e. The van der Waals surface area contributed by atoms with Crippen LogP contribution in [0.3, 0.4) is 0 Å². The molecule has 0 aliphatic heterocycles. The van der Waals surface area contributed by atoms with E-state index in [4.69, 9.17) is 27.6 Å². The number of benzene rings is 1. The second-order valence-electron chi connectivity index (χ2n) is 4.30. The van der Waals surface area contributed by atoms with E-state index in [-0.39, 0.29) is 11.8 Å². The molecule has 1 aromatic carbocycles. The Morgan fingerprint density at radius 1 is 1.33 bits per heavy atom. The minimum absolute atomic E-state index is 0.147. The smallest absolute Gasteiger partial charge is 0.373 e. The highest BCUT2D eigenvalue weighted by Gasteiger charge is 2.17. The summed E-state index contributed by atoms with van der Waals surface area (Å²) in [6.07, 6.45) is 0. The summed E-state index contributed by atoms with van der Waals surface area (Å²) in [5.74, 6) is 0.202. The Morgan fingerprint density at radius 3 is 2.52 bits per heavy atom. The van der Waals surface area contributed by atoms with Gasteiger partial charge in [-0.2, -0.15) is 0 Å². The highest BCUT2D eigenvalue weighted by Crippen LogP contribution is 2.36. The third-order valence-electron chi connectivity index (χ3n) is 2.81. The molecule has 0 spiro atoms. The van der Waals surface area contributed by atoms with E-state index in [2.05, 4.69) is 26.0 Å². The van der Waals surface area contributed by atoms with Crippen molar-refractivity contribution in [2.24, 2.45) is 0 Å². The lowest BCUT2D eigenvalue weighted by atomic mass is 10.2. The van der Waals surface area contributed by atoms with Gasteiger partial charge < -0.3 is 14.5 Å². The van der Waals surface area contributed by atoms with Gasteiger partial charge in [-0.1, -0.05) is 39.1 Å². The molecule has 7 heteroatoms. The number of carbonyl (C=O) groups excluding carboxylic acids is 1. The van der Waals surface area contributed by atoms with Crippen molar-refractivity contribution in [2.75, 3.05) is 12.4 Å². The van der Waals surface area contributed by atoms with Crippen molar-refractivity contribution in [2.45, 2.75) is 13.0 Å².